The monoisotopic (exact) mass is 505 g/mol. The number of rotatable bonds is 8. The van der Waals surface area contributed by atoms with E-state index in [4.69, 9.17) is 21.1 Å². The maximum absolute atomic E-state index is 11.6. The molecule has 2 aromatic rings. The Kier molecular flexibility index (Phi) is 8.31. The van der Waals surface area contributed by atoms with Gasteiger partial charge in [0.15, 0.2) is 0 Å². The highest BCUT2D eigenvalue weighted by atomic mass is 35.5. The SMILES string of the molecule is CCOc1ccc(Cc2cc([C@@H]3O[C@H](CN4CCCC4C(=O)O)[C@@H](O)[C@H](O)[C@H]3O)ccc2Cl)cc1. The van der Waals surface area contributed by atoms with Crippen molar-refractivity contribution < 1.29 is 34.7 Å². The summed E-state index contributed by atoms with van der Waals surface area (Å²) in [6, 6.07) is 12.4. The third-order valence-electron chi connectivity index (χ3n) is 6.80. The van der Waals surface area contributed by atoms with Gasteiger partial charge in [0.25, 0.3) is 0 Å². The zero-order valence-electron chi connectivity index (χ0n) is 19.6. The van der Waals surface area contributed by atoms with Crippen LogP contribution < -0.4 is 4.74 Å². The van der Waals surface area contributed by atoms with Gasteiger partial charge in [-0.15, -0.1) is 0 Å². The molecule has 2 fully saturated rings. The molecule has 0 aliphatic carbocycles. The molecule has 2 aliphatic heterocycles. The van der Waals surface area contributed by atoms with Crippen LogP contribution in [0.4, 0.5) is 0 Å². The van der Waals surface area contributed by atoms with E-state index in [1.807, 2.05) is 37.3 Å². The molecule has 8 nitrogen and oxygen atoms in total. The highest BCUT2D eigenvalue weighted by Gasteiger charge is 2.46. The van der Waals surface area contributed by atoms with Crippen LogP contribution in [0.5, 0.6) is 5.75 Å². The van der Waals surface area contributed by atoms with Crippen molar-refractivity contribution in [2.24, 2.45) is 0 Å². The zero-order chi connectivity index (χ0) is 25.1. The van der Waals surface area contributed by atoms with Gasteiger partial charge < -0.3 is 29.9 Å². The molecule has 190 valence electrons. The first-order valence-corrected chi connectivity index (χ1v) is 12.3. The highest BCUT2D eigenvalue weighted by Crippen LogP contribution is 2.35. The Hall–Kier alpha value is -2.20. The first-order chi connectivity index (χ1) is 16.8. The molecule has 1 unspecified atom stereocenters. The smallest absolute Gasteiger partial charge is 0.320 e. The summed E-state index contributed by atoms with van der Waals surface area (Å²) >= 11 is 6.46. The number of hydrogen-bond donors (Lipinski definition) is 4. The van der Waals surface area contributed by atoms with Crippen molar-refractivity contribution in [2.45, 2.75) is 62.7 Å². The number of aliphatic carboxylic acids is 1. The lowest BCUT2D eigenvalue weighted by Crippen LogP contribution is -2.57. The molecule has 2 aliphatic rings. The average molecular weight is 506 g/mol. The second-order valence-electron chi connectivity index (χ2n) is 9.16. The Morgan fingerprint density at radius 2 is 1.86 bits per heavy atom. The van der Waals surface area contributed by atoms with Gasteiger partial charge in [-0.05, 0) is 67.6 Å². The summed E-state index contributed by atoms with van der Waals surface area (Å²) in [5.41, 5.74) is 2.47. The number of halogens is 1. The second-order valence-corrected chi connectivity index (χ2v) is 9.57. The van der Waals surface area contributed by atoms with Crippen molar-refractivity contribution in [2.75, 3.05) is 19.7 Å². The van der Waals surface area contributed by atoms with Crippen LogP contribution in [0.1, 0.15) is 42.6 Å². The fourth-order valence-electron chi connectivity index (χ4n) is 4.93. The fraction of sp³-hybridized carbons (Fsp3) is 0.500. The van der Waals surface area contributed by atoms with E-state index in [-0.39, 0.29) is 6.54 Å². The quantitative estimate of drug-likeness (QED) is 0.432. The van der Waals surface area contributed by atoms with E-state index in [9.17, 15) is 25.2 Å². The van der Waals surface area contributed by atoms with Crippen molar-refractivity contribution >= 4 is 17.6 Å². The first kappa shape index (κ1) is 25.9. The Morgan fingerprint density at radius 1 is 1.11 bits per heavy atom. The van der Waals surface area contributed by atoms with Gasteiger partial charge in [-0.3, -0.25) is 9.69 Å². The normalized spacial score (nSPS) is 29.3. The lowest BCUT2D eigenvalue weighted by molar-refractivity contribution is -0.228. The Labute approximate surface area is 209 Å². The lowest BCUT2D eigenvalue weighted by atomic mass is 9.89. The van der Waals surface area contributed by atoms with Crippen LogP contribution in [-0.4, -0.2) is 81.4 Å². The van der Waals surface area contributed by atoms with E-state index in [0.29, 0.717) is 36.6 Å². The van der Waals surface area contributed by atoms with Gasteiger partial charge in [0, 0.05) is 11.6 Å². The minimum Gasteiger partial charge on any atom is -0.494 e. The van der Waals surface area contributed by atoms with Gasteiger partial charge in [0.05, 0.1) is 12.7 Å². The van der Waals surface area contributed by atoms with Crippen LogP contribution in [0.2, 0.25) is 5.02 Å². The molecule has 35 heavy (non-hydrogen) atoms. The molecular formula is C26H32ClNO7. The summed E-state index contributed by atoms with van der Waals surface area (Å²) in [6.45, 7) is 3.23. The van der Waals surface area contributed by atoms with E-state index in [1.165, 1.54) is 0 Å². The molecule has 4 rings (SSSR count). The van der Waals surface area contributed by atoms with Crippen LogP contribution in [0, 0.1) is 0 Å². The molecule has 0 aromatic heterocycles. The predicted molar refractivity (Wildman–Crippen MR) is 130 cm³/mol. The number of carbonyl (C=O) groups is 1. The standard InChI is InChI=1S/C26H32ClNO7/c1-2-34-18-8-5-15(6-9-18)12-17-13-16(7-10-19(17)27)25-24(31)23(30)22(29)21(35-25)14-28-11-3-4-20(28)26(32)33/h5-10,13,20-25,29-31H,2-4,11-12,14H2,1H3,(H,32,33)/t20?,21-,22-,23+,24-,25+/m1/s1. The van der Waals surface area contributed by atoms with E-state index >= 15 is 0 Å². The number of likely N-dealkylation sites (tertiary alicyclic amines) is 1. The summed E-state index contributed by atoms with van der Waals surface area (Å²) in [4.78, 5) is 13.3. The average Bonchev–Trinajstić information content (AvgIpc) is 3.31. The third-order valence-corrected chi connectivity index (χ3v) is 7.17. The molecule has 9 heteroatoms. The van der Waals surface area contributed by atoms with E-state index < -0.39 is 42.5 Å². The van der Waals surface area contributed by atoms with E-state index in [2.05, 4.69) is 0 Å². The predicted octanol–water partition coefficient (Wildman–Crippen LogP) is 2.40. The Balaban J connectivity index is 1.53. The zero-order valence-corrected chi connectivity index (χ0v) is 20.3. The van der Waals surface area contributed by atoms with Crippen molar-refractivity contribution in [3.63, 3.8) is 0 Å². The number of ether oxygens (including phenoxy) is 2. The van der Waals surface area contributed by atoms with E-state index in [0.717, 1.165) is 23.3 Å². The van der Waals surface area contributed by atoms with Gasteiger partial charge >= 0.3 is 5.97 Å². The molecule has 6 atom stereocenters. The number of aliphatic hydroxyl groups excluding tert-OH is 3. The second kappa shape index (κ2) is 11.2. The number of hydrogen-bond acceptors (Lipinski definition) is 7. The summed E-state index contributed by atoms with van der Waals surface area (Å²) in [7, 11) is 0. The molecule has 0 bridgehead atoms. The molecule has 2 heterocycles. The minimum absolute atomic E-state index is 0.144. The highest BCUT2D eigenvalue weighted by molar-refractivity contribution is 6.31. The molecule has 4 N–H and O–H groups in total. The Morgan fingerprint density at radius 3 is 2.54 bits per heavy atom. The van der Waals surface area contributed by atoms with Crippen LogP contribution in [0.15, 0.2) is 42.5 Å². The van der Waals surface area contributed by atoms with Gasteiger partial charge in [-0.25, -0.2) is 0 Å². The first-order valence-electron chi connectivity index (χ1n) is 11.9. The van der Waals surface area contributed by atoms with Crippen LogP contribution in [0.25, 0.3) is 0 Å². The molecule has 2 saturated heterocycles. The number of carboxylic acid groups (broad SMARTS) is 1. The number of carboxylic acids is 1. The summed E-state index contributed by atoms with van der Waals surface area (Å²) in [5.74, 6) is -0.127. The van der Waals surface area contributed by atoms with Gasteiger partial charge in [0.1, 0.15) is 36.2 Å². The molecule has 0 radical (unpaired) electrons. The minimum atomic E-state index is -1.44. The molecule has 2 aromatic carbocycles. The van der Waals surface area contributed by atoms with Crippen molar-refractivity contribution in [3.8, 4) is 5.75 Å². The fourth-order valence-corrected chi connectivity index (χ4v) is 5.11. The largest absolute Gasteiger partial charge is 0.494 e. The molecule has 0 saturated carbocycles. The topological polar surface area (TPSA) is 120 Å². The van der Waals surface area contributed by atoms with Crippen LogP contribution in [-0.2, 0) is 16.0 Å². The number of benzene rings is 2. The molecule has 0 amide bonds. The maximum Gasteiger partial charge on any atom is 0.320 e. The Bertz CT molecular complexity index is 1020. The summed E-state index contributed by atoms with van der Waals surface area (Å²) in [5, 5.41) is 41.9. The lowest BCUT2D eigenvalue weighted by Gasteiger charge is -2.42. The summed E-state index contributed by atoms with van der Waals surface area (Å²) < 4.78 is 11.6. The number of aliphatic hydroxyl groups is 3. The molecule has 0 spiro atoms. The van der Waals surface area contributed by atoms with E-state index in [1.54, 1.807) is 17.0 Å². The number of nitrogens with zero attached hydrogens (tertiary/aromatic N) is 1. The van der Waals surface area contributed by atoms with Gasteiger partial charge in [-0.2, -0.15) is 0 Å². The summed E-state index contributed by atoms with van der Waals surface area (Å²) in [6.07, 6.45) is -4.08. The van der Waals surface area contributed by atoms with Gasteiger partial charge in [0.2, 0.25) is 0 Å². The van der Waals surface area contributed by atoms with Crippen molar-refractivity contribution in [1.82, 2.24) is 4.90 Å². The van der Waals surface area contributed by atoms with Crippen LogP contribution >= 0.6 is 11.6 Å². The third kappa shape index (κ3) is 5.80. The van der Waals surface area contributed by atoms with Crippen molar-refractivity contribution in [3.05, 3.63) is 64.2 Å². The van der Waals surface area contributed by atoms with Crippen LogP contribution in [0.3, 0.4) is 0 Å². The maximum atomic E-state index is 11.6. The van der Waals surface area contributed by atoms with Crippen molar-refractivity contribution in [1.29, 1.82) is 0 Å². The molecular weight excluding hydrogens is 474 g/mol. The van der Waals surface area contributed by atoms with Gasteiger partial charge in [-0.1, -0.05) is 35.9 Å².